The maximum Gasteiger partial charge on any atom is 0.145 e. The van der Waals surface area contributed by atoms with Gasteiger partial charge in [0.2, 0.25) is 0 Å². The van der Waals surface area contributed by atoms with Crippen molar-refractivity contribution in [2.24, 2.45) is 5.16 Å². The van der Waals surface area contributed by atoms with Crippen LogP contribution in [0, 0.1) is 0 Å². The van der Waals surface area contributed by atoms with Crippen molar-refractivity contribution in [2.45, 2.75) is 38.3 Å². The van der Waals surface area contributed by atoms with E-state index in [2.05, 4.69) is 34.1 Å². The highest BCUT2D eigenvalue weighted by molar-refractivity contribution is 5.83. The zero-order valence-electron chi connectivity index (χ0n) is 10.8. The molecular formula is C14H19N3O. The van der Waals surface area contributed by atoms with Crippen molar-refractivity contribution < 1.29 is 4.84 Å². The van der Waals surface area contributed by atoms with Gasteiger partial charge in [-0.15, -0.1) is 0 Å². The van der Waals surface area contributed by atoms with Crippen molar-refractivity contribution in [2.75, 3.05) is 13.1 Å². The number of nitrogens with zero attached hydrogens (tertiary/aromatic N) is 3. The predicted molar refractivity (Wildman–Crippen MR) is 70.3 cm³/mol. The number of hydrogen-bond acceptors (Lipinski definition) is 4. The molecule has 0 N–H and O–H groups in total. The van der Waals surface area contributed by atoms with Gasteiger partial charge in [-0.1, -0.05) is 5.16 Å². The summed E-state index contributed by atoms with van der Waals surface area (Å²) in [6.07, 6.45) is 6.89. The summed E-state index contributed by atoms with van der Waals surface area (Å²) < 4.78 is 0. The van der Waals surface area contributed by atoms with Gasteiger partial charge in [-0.05, 0) is 24.6 Å². The molecule has 96 valence electrons. The number of rotatable bonds is 2. The van der Waals surface area contributed by atoms with Crippen LogP contribution in [0.25, 0.3) is 0 Å². The molecule has 4 heteroatoms. The van der Waals surface area contributed by atoms with Crippen LogP contribution < -0.4 is 0 Å². The van der Waals surface area contributed by atoms with Crippen molar-refractivity contribution in [3.8, 4) is 0 Å². The molecule has 0 unspecified atom stereocenters. The maximum atomic E-state index is 5.64. The minimum atomic E-state index is 0.0127. The van der Waals surface area contributed by atoms with Crippen LogP contribution in [0.5, 0.6) is 0 Å². The highest BCUT2D eigenvalue weighted by atomic mass is 16.7. The number of aromatic nitrogens is 1. The lowest BCUT2D eigenvalue weighted by molar-refractivity contribution is -0.0627. The van der Waals surface area contributed by atoms with E-state index in [0.717, 1.165) is 44.6 Å². The number of oxime groups is 1. The van der Waals surface area contributed by atoms with Crippen LogP contribution in [0.1, 0.15) is 31.7 Å². The lowest BCUT2D eigenvalue weighted by Gasteiger charge is -2.37. The van der Waals surface area contributed by atoms with Crippen LogP contribution in [0.2, 0.25) is 0 Å². The van der Waals surface area contributed by atoms with Gasteiger partial charge < -0.3 is 4.84 Å². The number of likely N-dealkylation sites (tertiary alicyclic amines) is 1. The Labute approximate surface area is 108 Å². The summed E-state index contributed by atoms with van der Waals surface area (Å²) in [7, 11) is 0. The molecule has 3 heterocycles. The Kier molecular flexibility index (Phi) is 3.04. The standard InChI is InChI=1S/C14H19N3O/c1-12-10-14(18-16-12)4-8-17(9-5-14)11-13-2-6-15-7-3-13/h2-3,6-7H,4-5,8-11H2,1H3. The Morgan fingerprint density at radius 2 is 2.00 bits per heavy atom. The molecule has 0 atom stereocenters. The van der Waals surface area contributed by atoms with Crippen molar-refractivity contribution in [1.29, 1.82) is 0 Å². The third-order valence-corrected chi connectivity index (χ3v) is 3.90. The monoisotopic (exact) mass is 245 g/mol. The molecule has 0 radical (unpaired) electrons. The highest BCUT2D eigenvalue weighted by Crippen LogP contribution is 2.34. The van der Waals surface area contributed by atoms with E-state index in [1.807, 2.05) is 12.4 Å². The molecule has 0 saturated carbocycles. The molecule has 1 aromatic heterocycles. The first kappa shape index (κ1) is 11.7. The summed E-state index contributed by atoms with van der Waals surface area (Å²) in [5.41, 5.74) is 2.48. The minimum absolute atomic E-state index is 0.0127. The average Bonchev–Trinajstić information content (AvgIpc) is 2.75. The molecule has 18 heavy (non-hydrogen) atoms. The summed E-state index contributed by atoms with van der Waals surface area (Å²) in [4.78, 5) is 12.2. The average molecular weight is 245 g/mol. The van der Waals surface area contributed by atoms with E-state index in [1.165, 1.54) is 5.56 Å². The van der Waals surface area contributed by atoms with Gasteiger partial charge in [0.25, 0.3) is 0 Å². The van der Waals surface area contributed by atoms with Crippen molar-refractivity contribution in [1.82, 2.24) is 9.88 Å². The topological polar surface area (TPSA) is 37.7 Å². The summed E-state index contributed by atoms with van der Waals surface area (Å²) >= 11 is 0. The van der Waals surface area contributed by atoms with Gasteiger partial charge in [-0.25, -0.2) is 0 Å². The number of hydrogen-bond donors (Lipinski definition) is 0. The second-order valence-corrected chi connectivity index (χ2v) is 5.41. The molecule has 0 aromatic carbocycles. The molecule has 3 rings (SSSR count). The van der Waals surface area contributed by atoms with Gasteiger partial charge in [0, 0.05) is 51.3 Å². The fraction of sp³-hybridized carbons (Fsp3) is 0.571. The summed E-state index contributed by atoms with van der Waals surface area (Å²) in [5, 5.41) is 4.11. The number of pyridine rings is 1. The van der Waals surface area contributed by atoms with E-state index in [9.17, 15) is 0 Å². The largest absolute Gasteiger partial charge is 0.389 e. The summed E-state index contributed by atoms with van der Waals surface area (Å²) in [6, 6.07) is 4.17. The van der Waals surface area contributed by atoms with E-state index < -0.39 is 0 Å². The van der Waals surface area contributed by atoms with Crippen LogP contribution in [0.15, 0.2) is 29.7 Å². The Morgan fingerprint density at radius 1 is 1.28 bits per heavy atom. The van der Waals surface area contributed by atoms with Gasteiger partial charge in [0.15, 0.2) is 0 Å². The number of piperidine rings is 1. The summed E-state index contributed by atoms with van der Waals surface area (Å²) in [5.74, 6) is 0. The van der Waals surface area contributed by atoms with Crippen molar-refractivity contribution in [3.63, 3.8) is 0 Å². The second-order valence-electron chi connectivity index (χ2n) is 5.41. The summed E-state index contributed by atoms with van der Waals surface area (Å²) in [6.45, 7) is 5.24. The molecule has 2 aliphatic rings. The van der Waals surface area contributed by atoms with Gasteiger partial charge in [-0.3, -0.25) is 9.88 Å². The van der Waals surface area contributed by atoms with Gasteiger partial charge in [-0.2, -0.15) is 0 Å². The fourth-order valence-electron chi connectivity index (χ4n) is 2.84. The molecule has 0 bridgehead atoms. The van der Waals surface area contributed by atoms with E-state index in [-0.39, 0.29) is 5.60 Å². The first-order valence-electron chi connectivity index (χ1n) is 6.59. The lowest BCUT2D eigenvalue weighted by atomic mass is 9.87. The van der Waals surface area contributed by atoms with Crippen molar-refractivity contribution in [3.05, 3.63) is 30.1 Å². The SMILES string of the molecule is CC1=NOC2(CCN(Cc3ccncc3)CC2)C1. The fourth-order valence-corrected chi connectivity index (χ4v) is 2.84. The van der Waals surface area contributed by atoms with Crippen LogP contribution >= 0.6 is 0 Å². The molecule has 1 fully saturated rings. The lowest BCUT2D eigenvalue weighted by Crippen LogP contribution is -2.44. The highest BCUT2D eigenvalue weighted by Gasteiger charge is 2.40. The quantitative estimate of drug-likeness (QED) is 0.801. The van der Waals surface area contributed by atoms with Gasteiger partial charge >= 0.3 is 0 Å². The first-order valence-corrected chi connectivity index (χ1v) is 6.59. The first-order chi connectivity index (χ1) is 8.76. The zero-order valence-corrected chi connectivity index (χ0v) is 10.8. The molecule has 1 saturated heterocycles. The molecule has 1 spiro atoms. The molecule has 1 aromatic rings. The second kappa shape index (κ2) is 4.69. The third-order valence-electron chi connectivity index (χ3n) is 3.90. The Morgan fingerprint density at radius 3 is 2.61 bits per heavy atom. The molecule has 2 aliphatic heterocycles. The zero-order chi connectivity index (χ0) is 12.4. The Balaban J connectivity index is 1.55. The Hall–Kier alpha value is -1.42. The van der Waals surface area contributed by atoms with Crippen LogP contribution in [-0.4, -0.2) is 34.3 Å². The van der Waals surface area contributed by atoms with E-state index in [4.69, 9.17) is 4.84 Å². The normalized spacial score (nSPS) is 22.8. The molecule has 4 nitrogen and oxygen atoms in total. The third kappa shape index (κ3) is 2.38. The molecular weight excluding hydrogens is 226 g/mol. The molecule has 0 aliphatic carbocycles. The van der Waals surface area contributed by atoms with Crippen LogP contribution in [0.3, 0.4) is 0 Å². The van der Waals surface area contributed by atoms with Crippen LogP contribution in [0.4, 0.5) is 0 Å². The van der Waals surface area contributed by atoms with E-state index in [1.54, 1.807) is 0 Å². The Bertz CT molecular complexity index is 436. The maximum absolute atomic E-state index is 5.64. The van der Waals surface area contributed by atoms with Crippen molar-refractivity contribution >= 4 is 5.71 Å². The predicted octanol–water partition coefficient (Wildman–Crippen LogP) is 2.21. The molecule has 0 amide bonds. The van der Waals surface area contributed by atoms with Gasteiger partial charge in [0.1, 0.15) is 5.60 Å². The smallest absolute Gasteiger partial charge is 0.145 e. The van der Waals surface area contributed by atoms with Gasteiger partial charge in [0.05, 0.1) is 5.71 Å². The van der Waals surface area contributed by atoms with E-state index >= 15 is 0 Å². The van der Waals surface area contributed by atoms with E-state index in [0.29, 0.717) is 0 Å². The van der Waals surface area contributed by atoms with Crippen LogP contribution in [-0.2, 0) is 11.4 Å². The minimum Gasteiger partial charge on any atom is -0.389 e.